The molecule has 7 heteroatoms. The van der Waals surface area contributed by atoms with E-state index in [2.05, 4.69) is 27.4 Å². The highest BCUT2D eigenvalue weighted by Gasteiger charge is 2.25. The highest BCUT2D eigenvalue weighted by Crippen LogP contribution is 2.22. The minimum Gasteiger partial charge on any atom is -0.355 e. The smallest absolute Gasteiger partial charge is 0.231 e. The van der Waals surface area contributed by atoms with Crippen LogP contribution in [-0.2, 0) is 16.1 Å². The highest BCUT2D eigenvalue weighted by molar-refractivity contribution is 7.13. The van der Waals surface area contributed by atoms with Crippen LogP contribution in [0.25, 0.3) is 0 Å². The number of carbonyl (C=O) groups excluding carboxylic acids is 2. The van der Waals surface area contributed by atoms with E-state index in [-0.39, 0.29) is 17.7 Å². The third-order valence-electron chi connectivity index (χ3n) is 4.68. The molecule has 6 nitrogen and oxygen atoms in total. The molecule has 126 valence electrons. The summed E-state index contributed by atoms with van der Waals surface area (Å²) in [6.45, 7) is 5.85. The number of hydrogen-bond donors (Lipinski definition) is 2. The fourth-order valence-corrected chi connectivity index (χ4v) is 3.75. The van der Waals surface area contributed by atoms with E-state index < -0.39 is 0 Å². The fourth-order valence-electron chi connectivity index (χ4n) is 3.05. The van der Waals surface area contributed by atoms with Gasteiger partial charge in [0.15, 0.2) is 5.13 Å². The van der Waals surface area contributed by atoms with Crippen molar-refractivity contribution in [1.29, 1.82) is 0 Å². The number of rotatable bonds is 4. The molecule has 2 fully saturated rings. The Morgan fingerprint density at radius 1 is 1.43 bits per heavy atom. The van der Waals surface area contributed by atoms with Crippen molar-refractivity contribution in [3.8, 4) is 0 Å². The van der Waals surface area contributed by atoms with E-state index in [0.29, 0.717) is 24.5 Å². The van der Waals surface area contributed by atoms with Crippen LogP contribution in [-0.4, -0.2) is 41.3 Å². The number of amides is 2. The van der Waals surface area contributed by atoms with Gasteiger partial charge in [0.1, 0.15) is 0 Å². The molecule has 0 unspecified atom stereocenters. The lowest BCUT2D eigenvalue weighted by atomic mass is 9.98. The zero-order valence-corrected chi connectivity index (χ0v) is 14.3. The van der Waals surface area contributed by atoms with Gasteiger partial charge in [0.05, 0.1) is 11.6 Å². The molecule has 0 saturated carbocycles. The second-order valence-corrected chi connectivity index (χ2v) is 7.49. The Labute approximate surface area is 140 Å². The number of anilines is 1. The molecule has 0 bridgehead atoms. The van der Waals surface area contributed by atoms with Gasteiger partial charge in [0.25, 0.3) is 0 Å². The number of thiazole rings is 1. The minimum atomic E-state index is -0.149. The summed E-state index contributed by atoms with van der Waals surface area (Å²) in [6, 6.07) is 0. The molecule has 1 atom stereocenters. The summed E-state index contributed by atoms with van der Waals surface area (Å²) in [7, 11) is 0. The quantitative estimate of drug-likeness (QED) is 0.880. The van der Waals surface area contributed by atoms with Crippen LogP contribution in [0.2, 0.25) is 0 Å². The highest BCUT2D eigenvalue weighted by atomic mass is 32.1. The summed E-state index contributed by atoms with van der Waals surface area (Å²) >= 11 is 1.47. The van der Waals surface area contributed by atoms with Gasteiger partial charge < -0.3 is 10.6 Å². The zero-order chi connectivity index (χ0) is 16.2. The van der Waals surface area contributed by atoms with E-state index in [9.17, 15) is 9.59 Å². The molecule has 0 aliphatic carbocycles. The molecule has 0 aromatic carbocycles. The maximum absolute atomic E-state index is 12.2. The average molecular weight is 336 g/mol. The third kappa shape index (κ3) is 4.51. The summed E-state index contributed by atoms with van der Waals surface area (Å²) in [5.41, 5.74) is 1.02. The van der Waals surface area contributed by atoms with Crippen molar-refractivity contribution < 1.29 is 9.59 Å². The summed E-state index contributed by atoms with van der Waals surface area (Å²) < 4.78 is 0. The largest absolute Gasteiger partial charge is 0.355 e. The number of piperidine rings is 2. The Bertz CT molecular complexity index is 556. The number of hydrogen-bond acceptors (Lipinski definition) is 5. The molecule has 2 aliphatic rings. The second kappa shape index (κ2) is 7.40. The molecular weight excluding hydrogens is 312 g/mol. The van der Waals surface area contributed by atoms with E-state index in [1.165, 1.54) is 24.2 Å². The molecule has 2 N–H and O–H groups in total. The van der Waals surface area contributed by atoms with Crippen LogP contribution in [0.1, 0.15) is 38.3 Å². The van der Waals surface area contributed by atoms with Crippen molar-refractivity contribution in [3.05, 3.63) is 11.1 Å². The van der Waals surface area contributed by atoms with Crippen LogP contribution in [0.15, 0.2) is 5.38 Å². The van der Waals surface area contributed by atoms with Crippen LogP contribution in [0.3, 0.4) is 0 Å². The molecule has 2 saturated heterocycles. The van der Waals surface area contributed by atoms with Gasteiger partial charge in [-0.15, -0.1) is 11.3 Å². The molecule has 23 heavy (non-hydrogen) atoms. The second-order valence-electron chi connectivity index (χ2n) is 6.63. The number of likely N-dealkylation sites (tertiary alicyclic amines) is 1. The Morgan fingerprint density at radius 3 is 2.91 bits per heavy atom. The van der Waals surface area contributed by atoms with Crippen LogP contribution >= 0.6 is 11.3 Å². The SMILES string of the molecule is CC1CCN(Cc2csc(NC(=O)[C@H]3CCC(=O)NC3)n2)CC1. The van der Waals surface area contributed by atoms with Gasteiger partial charge in [-0.2, -0.15) is 0 Å². The van der Waals surface area contributed by atoms with Crippen molar-refractivity contribution >= 4 is 28.3 Å². The van der Waals surface area contributed by atoms with Gasteiger partial charge in [-0.05, 0) is 38.3 Å². The molecule has 1 aromatic rings. The van der Waals surface area contributed by atoms with Gasteiger partial charge in [-0.25, -0.2) is 4.98 Å². The van der Waals surface area contributed by atoms with Crippen molar-refractivity contribution in [2.45, 2.75) is 39.2 Å². The normalized spacial score (nSPS) is 23.5. The van der Waals surface area contributed by atoms with Gasteiger partial charge in [-0.3, -0.25) is 14.5 Å². The maximum atomic E-state index is 12.2. The lowest BCUT2D eigenvalue weighted by Crippen LogP contribution is -2.40. The Balaban J connectivity index is 1.49. The minimum absolute atomic E-state index is 0.0291. The molecular formula is C16H24N4O2S. The molecule has 2 aliphatic heterocycles. The molecule has 0 spiro atoms. The van der Waals surface area contributed by atoms with E-state index >= 15 is 0 Å². The summed E-state index contributed by atoms with van der Waals surface area (Å²) in [6.07, 6.45) is 3.54. The molecule has 1 aromatic heterocycles. The standard InChI is InChI=1S/C16H24N4O2S/c1-11-4-6-20(7-5-11)9-13-10-23-16(18-13)19-15(22)12-2-3-14(21)17-8-12/h10-12H,2-9H2,1H3,(H,17,21)(H,18,19,22)/t12-/m0/s1. The molecule has 3 rings (SSSR count). The lowest BCUT2D eigenvalue weighted by molar-refractivity contribution is -0.126. The van der Waals surface area contributed by atoms with Gasteiger partial charge in [0, 0.05) is 24.9 Å². The summed E-state index contributed by atoms with van der Waals surface area (Å²) in [5.74, 6) is 0.662. The Kier molecular flexibility index (Phi) is 5.27. The Hall–Kier alpha value is -1.47. The first-order valence-corrected chi connectivity index (χ1v) is 9.22. The molecule has 2 amide bonds. The number of nitrogens with zero attached hydrogens (tertiary/aromatic N) is 2. The van der Waals surface area contributed by atoms with Crippen LogP contribution in [0, 0.1) is 11.8 Å². The van der Waals surface area contributed by atoms with Crippen LogP contribution < -0.4 is 10.6 Å². The van der Waals surface area contributed by atoms with Gasteiger partial charge in [0.2, 0.25) is 11.8 Å². The van der Waals surface area contributed by atoms with Crippen LogP contribution in [0.4, 0.5) is 5.13 Å². The summed E-state index contributed by atoms with van der Waals surface area (Å²) in [5, 5.41) is 8.31. The summed E-state index contributed by atoms with van der Waals surface area (Å²) in [4.78, 5) is 30.3. The van der Waals surface area contributed by atoms with E-state index in [4.69, 9.17) is 0 Å². The van der Waals surface area contributed by atoms with E-state index in [1.807, 2.05) is 5.38 Å². The predicted molar refractivity (Wildman–Crippen MR) is 90.2 cm³/mol. The van der Waals surface area contributed by atoms with Gasteiger partial charge in [-0.1, -0.05) is 6.92 Å². The molecule has 3 heterocycles. The predicted octanol–water partition coefficient (Wildman–Crippen LogP) is 1.84. The van der Waals surface area contributed by atoms with E-state index in [0.717, 1.165) is 31.2 Å². The van der Waals surface area contributed by atoms with Crippen molar-refractivity contribution in [3.63, 3.8) is 0 Å². The van der Waals surface area contributed by atoms with Crippen molar-refractivity contribution in [2.24, 2.45) is 11.8 Å². The zero-order valence-electron chi connectivity index (χ0n) is 13.5. The van der Waals surface area contributed by atoms with Crippen molar-refractivity contribution in [1.82, 2.24) is 15.2 Å². The number of nitrogens with one attached hydrogen (secondary N) is 2. The molecule has 0 radical (unpaired) electrons. The topological polar surface area (TPSA) is 74.3 Å². The number of aromatic nitrogens is 1. The van der Waals surface area contributed by atoms with Gasteiger partial charge >= 0.3 is 0 Å². The van der Waals surface area contributed by atoms with E-state index in [1.54, 1.807) is 0 Å². The third-order valence-corrected chi connectivity index (χ3v) is 5.49. The fraction of sp³-hybridized carbons (Fsp3) is 0.688. The Morgan fingerprint density at radius 2 is 2.22 bits per heavy atom. The maximum Gasteiger partial charge on any atom is 0.231 e. The van der Waals surface area contributed by atoms with Crippen molar-refractivity contribution in [2.75, 3.05) is 25.0 Å². The monoisotopic (exact) mass is 336 g/mol. The van der Waals surface area contributed by atoms with Crippen LogP contribution in [0.5, 0.6) is 0 Å². The lowest BCUT2D eigenvalue weighted by Gasteiger charge is -2.29. The first kappa shape index (κ1) is 16.4. The first-order valence-electron chi connectivity index (χ1n) is 8.34. The number of carbonyl (C=O) groups is 2. The first-order chi connectivity index (χ1) is 11.1. The average Bonchev–Trinajstić information content (AvgIpc) is 2.97.